The summed E-state index contributed by atoms with van der Waals surface area (Å²) in [6, 6.07) is 7.00. The van der Waals surface area contributed by atoms with Crippen LogP contribution in [0, 0.1) is 6.92 Å². The molecule has 0 aliphatic heterocycles. The Balaban J connectivity index is 2.58. The molecule has 0 unspecified atom stereocenters. The quantitative estimate of drug-likeness (QED) is 0.491. The third-order valence-corrected chi connectivity index (χ3v) is 1.81. The van der Waals surface area contributed by atoms with Crippen LogP contribution >= 0.6 is 0 Å². The molecule has 0 spiro atoms. The summed E-state index contributed by atoms with van der Waals surface area (Å²) in [5, 5.41) is 10.6. The number of carbonyl (C=O) groups excluding carboxylic acids is 2. The summed E-state index contributed by atoms with van der Waals surface area (Å²) in [6.45, 7) is 1.63. The average molecular weight is 208 g/mol. The van der Waals surface area contributed by atoms with Gasteiger partial charge in [0.15, 0.2) is 0 Å². The second kappa shape index (κ2) is 5.11. The smallest absolute Gasteiger partial charge is 0.262 e. The van der Waals surface area contributed by atoms with E-state index in [2.05, 4.69) is 5.32 Å². The van der Waals surface area contributed by atoms with E-state index in [9.17, 15) is 9.59 Å². The lowest BCUT2D eigenvalue weighted by Gasteiger charge is -2.04. The summed E-state index contributed by atoms with van der Waals surface area (Å²) in [5.41, 5.74) is 2.88. The van der Waals surface area contributed by atoms with Crippen LogP contribution < -0.4 is 10.8 Å². The summed E-state index contributed by atoms with van der Waals surface area (Å²) < 4.78 is 0. The van der Waals surface area contributed by atoms with Gasteiger partial charge in [-0.15, -0.1) is 0 Å². The van der Waals surface area contributed by atoms with Gasteiger partial charge in [-0.25, -0.2) is 5.48 Å². The molecule has 0 saturated heterocycles. The van der Waals surface area contributed by atoms with Gasteiger partial charge in [-0.2, -0.15) is 0 Å². The standard InChI is InChI=1S/C10H12N2O3/c1-7-3-2-4-8(5-7)10(14)11-6-9(13)12-15/h2-5,15H,6H2,1H3,(H,11,14)(H,12,13). The normalized spacial score (nSPS) is 9.47. The first-order valence-corrected chi connectivity index (χ1v) is 4.41. The fourth-order valence-electron chi connectivity index (χ4n) is 1.09. The van der Waals surface area contributed by atoms with Crippen molar-refractivity contribution in [3.63, 3.8) is 0 Å². The highest BCUT2D eigenvalue weighted by Gasteiger charge is 2.06. The van der Waals surface area contributed by atoms with Crippen LogP contribution in [-0.4, -0.2) is 23.6 Å². The summed E-state index contributed by atoms with van der Waals surface area (Å²) in [5.74, 6) is -1.00. The number of rotatable bonds is 3. The summed E-state index contributed by atoms with van der Waals surface area (Å²) in [4.78, 5) is 22.1. The molecule has 80 valence electrons. The first-order chi connectivity index (χ1) is 7.13. The van der Waals surface area contributed by atoms with Crippen molar-refractivity contribution in [3.8, 4) is 0 Å². The molecule has 1 aromatic carbocycles. The van der Waals surface area contributed by atoms with E-state index < -0.39 is 5.91 Å². The number of aryl methyl sites for hydroxylation is 1. The monoisotopic (exact) mass is 208 g/mol. The maximum Gasteiger partial charge on any atom is 0.262 e. The molecule has 0 aromatic heterocycles. The van der Waals surface area contributed by atoms with Crippen LogP contribution in [0.4, 0.5) is 0 Å². The van der Waals surface area contributed by atoms with Crippen LogP contribution in [0.25, 0.3) is 0 Å². The molecular weight excluding hydrogens is 196 g/mol. The minimum absolute atomic E-state index is 0.247. The van der Waals surface area contributed by atoms with Crippen LogP contribution in [0.15, 0.2) is 24.3 Å². The summed E-state index contributed by atoms with van der Waals surface area (Å²) in [6.07, 6.45) is 0. The number of amides is 2. The number of hydrogen-bond acceptors (Lipinski definition) is 3. The Morgan fingerprint density at radius 3 is 2.73 bits per heavy atom. The lowest BCUT2D eigenvalue weighted by Crippen LogP contribution is -2.35. The topological polar surface area (TPSA) is 78.4 Å². The number of nitrogens with one attached hydrogen (secondary N) is 2. The Morgan fingerprint density at radius 2 is 2.13 bits per heavy atom. The molecule has 1 aromatic rings. The first kappa shape index (κ1) is 11.2. The molecule has 0 radical (unpaired) electrons. The maximum absolute atomic E-state index is 11.4. The van der Waals surface area contributed by atoms with Crippen molar-refractivity contribution < 1.29 is 14.8 Å². The predicted molar refractivity (Wildman–Crippen MR) is 53.4 cm³/mol. The molecule has 15 heavy (non-hydrogen) atoms. The summed E-state index contributed by atoms with van der Waals surface area (Å²) >= 11 is 0. The number of carbonyl (C=O) groups is 2. The van der Waals surface area contributed by atoms with E-state index in [-0.39, 0.29) is 12.5 Å². The number of benzene rings is 1. The molecular formula is C10H12N2O3. The van der Waals surface area contributed by atoms with Crippen LogP contribution in [0.2, 0.25) is 0 Å². The van der Waals surface area contributed by atoms with Gasteiger partial charge in [0.25, 0.3) is 11.8 Å². The van der Waals surface area contributed by atoms with Crippen molar-refractivity contribution in [3.05, 3.63) is 35.4 Å². The Labute approximate surface area is 87.1 Å². The molecule has 0 heterocycles. The van der Waals surface area contributed by atoms with Crippen LogP contribution in [0.3, 0.4) is 0 Å². The van der Waals surface area contributed by atoms with Gasteiger partial charge in [-0.3, -0.25) is 14.8 Å². The molecule has 5 heteroatoms. The van der Waals surface area contributed by atoms with Crippen LogP contribution in [-0.2, 0) is 4.79 Å². The molecule has 1 rings (SSSR count). The van der Waals surface area contributed by atoms with Gasteiger partial charge in [-0.1, -0.05) is 17.7 Å². The molecule has 0 saturated carbocycles. The zero-order valence-corrected chi connectivity index (χ0v) is 8.28. The van der Waals surface area contributed by atoms with Crippen molar-refractivity contribution in [1.82, 2.24) is 10.8 Å². The van der Waals surface area contributed by atoms with Crippen molar-refractivity contribution in [2.75, 3.05) is 6.54 Å². The zero-order chi connectivity index (χ0) is 11.3. The minimum Gasteiger partial charge on any atom is -0.343 e. The fourth-order valence-corrected chi connectivity index (χ4v) is 1.09. The third kappa shape index (κ3) is 3.40. The molecule has 2 amide bonds. The van der Waals surface area contributed by atoms with Gasteiger partial charge in [-0.05, 0) is 19.1 Å². The SMILES string of the molecule is Cc1cccc(C(=O)NCC(=O)NO)c1. The zero-order valence-electron chi connectivity index (χ0n) is 8.28. The van der Waals surface area contributed by atoms with E-state index in [1.54, 1.807) is 18.2 Å². The van der Waals surface area contributed by atoms with Crippen molar-refractivity contribution in [1.29, 1.82) is 0 Å². The van der Waals surface area contributed by atoms with Gasteiger partial charge in [0.1, 0.15) is 0 Å². The molecule has 0 bridgehead atoms. The average Bonchev–Trinajstić information content (AvgIpc) is 2.25. The largest absolute Gasteiger partial charge is 0.343 e. The lowest BCUT2D eigenvalue weighted by atomic mass is 10.1. The Morgan fingerprint density at radius 1 is 1.40 bits per heavy atom. The molecule has 0 fully saturated rings. The van der Waals surface area contributed by atoms with E-state index >= 15 is 0 Å². The summed E-state index contributed by atoms with van der Waals surface area (Å²) in [7, 11) is 0. The molecule has 0 atom stereocenters. The minimum atomic E-state index is -0.656. The fraction of sp³-hybridized carbons (Fsp3) is 0.200. The third-order valence-electron chi connectivity index (χ3n) is 1.81. The predicted octanol–water partition coefficient (Wildman–Crippen LogP) is 0.230. The second-order valence-corrected chi connectivity index (χ2v) is 3.09. The molecule has 0 aliphatic carbocycles. The molecule has 0 aliphatic rings. The van der Waals surface area contributed by atoms with Crippen LogP contribution in [0.5, 0.6) is 0 Å². The van der Waals surface area contributed by atoms with E-state index in [1.165, 1.54) is 5.48 Å². The van der Waals surface area contributed by atoms with Crippen molar-refractivity contribution in [2.24, 2.45) is 0 Å². The van der Waals surface area contributed by atoms with Gasteiger partial charge >= 0.3 is 0 Å². The van der Waals surface area contributed by atoms with E-state index in [0.717, 1.165) is 5.56 Å². The highest BCUT2D eigenvalue weighted by atomic mass is 16.5. The van der Waals surface area contributed by atoms with Crippen molar-refractivity contribution in [2.45, 2.75) is 6.92 Å². The second-order valence-electron chi connectivity index (χ2n) is 3.09. The van der Waals surface area contributed by atoms with Gasteiger partial charge in [0.2, 0.25) is 0 Å². The van der Waals surface area contributed by atoms with Crippen LogP contribution in [0.1, 0.15) is 15.9 Å². The molecule has 3 N–H and O–H groups in total. The Hall–Kier alpha value is -1.88. The van der Waals surface area contributed by atoms with Gasteiger partial charge in [0.05, 0.1) is 6.54 Å². The maximum atomic E-state index is 11.4. The number of hydrogen-bond donors (Lipinski definition) is 3. The lowest BCUT2D eigenvalue weighted by molar-refractivity contribution is -0.128. The first-order valence-electron chi connectivity index (χ1n) is 4.41. The van der Waals surface area contributed by atoms with Gasteiger partial charge in [0, 0.05) is 5.56 Å². The van der Waals surface area contributed by atoms with Gasteiger partial charge < -0.3 is 5.32 Å². The highest BCUT2D eigenvalue weighted by molar-refractivity contribution is 5.96. The highest BCUT2D eigenvalue weighted by Crippen LogP contribution is 2.03. The Kier molecular flexibility index (Phi) is 3.82. The molecule has 5 nitrogen and oxygen atoms in total. The van der Waals surface area contributed by atoms with E-state index in [0.29, 0.717) is 5.56 Å². The van der Waals surface area contributed by atoms with Crippen molar-refractivity contribution >= 4 is 11.8 Å². The number of hydroxylamine groups is 1. The van der Waals surface area contributed by atoms with E-state index in [4.69, 9.17) is 5.21 Å². The Bertz CT molecular complexity index is 377. The van der Waals surface area contributed by atoms with E-state index in [1.807, 2.05) is 13.0 Å².